The van der Waals surface area contributed by atoms with Gasteiger partial charge in [-0.2, -0.15) is 0 Å². The number of hydrogen-bond donors (Lipinski definition) is 4. The lowest BCUT2D eigenvalue weighted by atomic mass is 10.1. The van der Waals surface area contributed by atoms with Gasteiger partial charge in [-0.3, -0.25) is 14.5 Å². The van der Waals surface area contributed by atoms with E-state index in [2.05, 4.69) is 10.6 Å². The van der Waals surface area contributed by atoms with Crippen molar-refractivity contribution < 1.29 is 24.5 Å². The molecule has 0 spiro atoms. The fraction of sp³-hybridized carbons (Fsp3) is 0.529. The maximum Gasteiger partial charge on any atom is 0.237 e. The Kier molecular flexibility index (Phi) is 7.17. The Morgan fingerprint density at radius 1 is 1.44 bits per heavy atom. The lowest BCUT2D eigenvalue weighted by Crippen LogP contribution is -2.56. The van der Waals surface area contributed by atoms with Gasteiger partial charge in [0.25, 0.3) is 0 Å². The number of carbonyl (C=O) groups excluding carboxylic acids is 2. The van der Waals surface area contributed by atoms with Gasteiger partial charge in [0, 0.05) is 19.6 Å². The third-order valence-corrected chi connectivity index (χ3v) is 4.15. The zero-order valence-electron chi connectivity index (χ0n) is 14.3. The summed E-state index contributed by atoms with van der Waals surface area (Å²) in [7, 11) is 1.60. The van der Waals surface area contributed by atoms with Gasteiger partial charge in [-0.25, -0.2) is 0 Å². The van der Waals surface area contributed by atoms with E-state index in [4.69, 9.17) is 14.9 Å². The second kappa shape index (κ2) is 9.36. The molecule has 2 amide bonds. The number of ether oxygens (including phenoxy) is 1. The summed E-state index contributed by atoms with van der Waals surface area (Å²) in [6.45, 7) is 0.965. The Labute approximate surface area is 146 Å². The van der Waals surface area contributed by atoms with Gasteiger partial charge in [-0.05, 0) is 17.7 Å². The topological polar surface area (TPSA) is 111 Å². The van der Waals surface area contributed by atoms with Crippen molar-refractivity contribution >= 4 is 11.8 Å². The highest BCUT2D eigenvalue weighted by Crippen LogP contribution is 2.18. The minimum absolute atomic E-state index is 0.0354. The molecule has 25 heavy (non-hydrogen) atoms. The number of aliphatic hydroxyl groups is 2. The number of hydrogen-bond acceptors (Lipinski definition) is 6. The van der Waals surface area contributed by atoms with Crippen LogP contribution >= 0.6 is 0 Å². The summed E-state index contributed by atoms with van der Waals surface area (Å²) < 4.78 is 5.22. The highest BCUT2D eigenvalue weighted by atomic mass is 16.5. The summed E-state index contributed by atoms with van der Waals surface area (Å²) in [5.41, 5.74) is 0.989. The molecule has 1 unspecified atom stereocenters. The van der Waals surface area contributed by atoms with E-state index in [0.717, 1.165) is 11.3 Å². The van der Waals surface area contributed by atoms with Crippen molar-refractivity contribution in [2.24, 2.45) is 0 Å². The summed E-state index contributed by atoms with van der Waals surface area (Å²) in [6.07, 6.45) is -0.0354. The molecular formula is C17H25N3O5. The molecule has 138 valence electrons. The smallest absolute Gasteiger partial charge is 0.237 e. The normalized spacial score (nSPS) is 18.1. The van der Waals surface area contributed by atoms with E-state index < -0.39 is 12.1 Å². The molecule has 1 aromatic carbocycles. The van der Waals surface area contributed by atoms with E-state index in [1.165, 1.54) is 0 Å². The average molecular weight is 351 g/mol. The quantitative estimate of drug-likeness (QED) is 0.471. The van der Waals surface area contributed by atoms with Crippen LogP contribution in [0.2, 0.25) is 0 Å². The molecule has 0 aromatic heterocycles. The maximum absolute atomic E-state index is 12.2. The summed E-state index contributed by atoms with van der Waals surface area (Å²) in [5.74, 6) is 0.154. The highest BCUT2D eigenvalue weighted by Gasteiger charge is 2.32. The van der Waals surface area contributed by atoms with E-state index in [1.807, 2.05) is 29.2 Å². The van der Waals surface area contributed by atoms with Crippen LogP contribution in [0.1, 0.15) is 12.0 Å². The first-order chi connectivity index (χ1) is 12.1. The number of carbonyl (C=O) groups is 2. The molecule has 1 aliphatic heterocycles. The second-order valence-electron chi connectivity index (χ2n) is 5.96. The number of rotatable bonds is 8. The molecule has 0 bridgehead atoms. The van der Waals surface area contributed by atoms with Crippen LogP contribution in [-0.4, -0.2) is 72.4 Å². The molecule has 2 rings (SSSR count). The van der Waals surface area contributed by atoms with Gasteiger partial charge in [0.2, 0.25) is 11.8 Å². The Balaban J connectivity index is 2.04. The molecule has 8 heteroatoms. The number of aliphatic hydroxyl groups excluding tert-OH is 2. The summed E-state index contributed by atoms with van der Waals surface area (Å²) in [4.78, 5) is 26.3. The van der Waals surface area contributed by atoms with Crippen molar-refractivity contribution in [3.63, 3.8) is 0 Å². The highest BCUT2D eigenvalue weighted by molar-refractivity contribution is 5.88. The first-order valence-electron chi connectivity index (χ1n) is 8.23. The van der Waals surface area contributed by atoms with E-state index >= 15 is 0 Å². The minimum atomic E-state index is -0.717. The lowest BCUT2D eigenvalue weighted by Gasteiger charge is -2.35. The molecular weight excluding hydrogens is 326 g/mol. The van der Waals surface area contributed by atoms with Crippen LogP contribution in [0.15, 0.2) is 24.3 Å². The second-order valence-corrected chi connectivity index (χ2v) is 5.96. The van der Waals surface area contributed by atoms with Crippen LogP contribution in [0.5, 0.6) is 5.75 Å². The number of amides is 2. The molecule has 1 atom stereocenters. The van der Waals surface area contributed by atoms with Crippen LogP contribution in [-0.2, 0) is 16.1 Å². The first kappa shape index (κ1) is 19.2. The summed E-state index contributed by atoms with van der Waals surface area (Å²) in [6, 6.07) is 6.26. The predicted octanol–water partition coefficient (Wildman–Crippen LogP) is -1.14. The molecule has 1 fully saturated rings. The van der Waals surface area contributed by atoms with Gasteiger partial charge in [0.05, 0.1) is 38.8 Å². The van der Waals surface area contributed by atoms with Gasteiger partial charge < -0.3 is 25.6 Å². The van der Waals surface area contributed by atoms with Gasteiger partial charge in [0.15, 0.2) is 0 Å². The van der Waals surface area contributed by atoms with Crippen LogP contribution in [0.4, 0.5) is 0 Å². The molecule has 4 N–H and O–H groups in total. The SMILES string of the molecule is COc1cccc(CN2CCNC(=O)C2CC(=O)NC(CO)CO)c1. The van der Waals surface area contributed by atoms with Gasteiger partial charge in [-0.1, -0.05) is 12.1 Å². The monoisotopic (exact) mass is 351 g/mol. The van der Waals surface area contributed by atoms with E-state index in [9.17, 15) is 9.59 Å². The van der Waals surface area contributed by atoms with Crippen LogP contribution in [0.25, 0.3) is 0 Å². The fourth-order valence-electron chi connectivity index (χ4n) is 2.79. The van der Waals surface area contributed by atoms with Gasteiger partial charge in [-0.15, -0.1) is 0 Å². The molecule has 1 aliphatic rings. The molecule has 1 aromatic rings. The molecule has 1 saturated heterocycles. The van der Waals surface area contributed by atoms with Crippen molar-refractivity contribution in [2.75, 3.05) is 33.4 Å². The van der Waals surface area contributed by atoms with Gasteiger partial charge >= 0.3 is 0 Å². The maximum atomic E-state index is 12.2. The van der Waals surface area contributed by atoms with E-state index in [-0.39, 0.29) is 31.4 Å². The zero-order valence-corrected chi connectivity index (χ0v) is 14.3. The Morgan fingerprint density at radius 2 is 2.20 bits per heavy atom. The van der Waals surface area contributed by atoms with Crippen molar-refractivity contribution in [3.05, 3.63) is 29.8 Å². The average Bonchev–Trinajstić information content (AvgIpc) is 2.62. The Bertz CT molecular complexity index is 591. The summed E-state index contributed by atoms with van der Waals surface area (Å²) >= 11 is 0. The Hall–Kier alpha value is -2.16. The fourth-order valence-corrected chi connectivity index (χ4v) is 2.79. The third-order valence-electron chi connectivity index (χ3n) is 4.15. The number of nitrogens with zero attached hydrogens (tertiary/aromatic N) is 1. The molecule has 0 saturated carbocycles. The molecule has 0 aliphatic carbocycles. The standard InChI is InChI=1S/C17H25N3O5/c1-25-14-4-2-3-12(7-14)9-20-6-5-18-17(24)15(20)8-16(23)19-13(10-21)11-22/h2-4,7,13,15,21-22H,5-6,8-11H2,1H3,(H,18,24)(H,19,23). The molecule has 1 heterocycles. The number of piperazine rings is 1. The lowest BCUT2D eigenvalue weighted by molar-refractivity contribution is -0.134. The third kappa shape index (κ3) is 5.42. The van der Waals surface area contributed by atoms with E-state index in [0.29, 0.717) is 19.6 Å². The molecule has 8 nitrogen and oxygen atoms in total. The summed E-state index contributed by atoms with van der Waals surface area (Å²) in [5, 5.41) is 23.4. The number of nitrogens with one attached hydrogen (secondary N) is 2. The van der Waals surface area contributed by atoms with Crippen LogP contribution < -0.4 is 15.4 Å². The largest absolute Gasteiger partial charge is 0.497 e. The predicted molar refractivity (Wildman–Crippen MR) is 90.9 cm³/mol. The van der Waals surface area contributed by atoms with Gasteiger partial charge in [0.1, 0.15) is 5.75 Å². The Morgan fingerprint density at radius 3 is 2.88 bits per heavy atom. The van der Waals surface area contributed by atoms with Crippen molar-refractivity contribution in [3.8, 4) is 5.75 Å². The number of benzene rings is 1. The van der Waals surface area contributed by atoms with Crippen LogP contribution in [0, 0.1) is 0 Å². The minimum Gasteiger partial charge on any atom is -0.497 e. The van der Waals surface area contributed by atoms with Crippen molar-refractivity contribution in [2.45, 2.75) is 25.0 Å². The molecule has 0 radical (unpaired) electrons. The van der Waals surface area contributed by atoms with E-state index in [1.54, 1.807) is 7.11 Å². The van der Waals surface area contributed by atoms with Crippen molar-refractivity contribution in [1.82, 2.24) is 15.5 Å². The first-order valence-corrected chi connectivity index (χ1v) is 8.23. The zero-order chi connectivity index (χ0) is 18.2. The van der Waals surface area contributed by atoms with Crippen LogP contribution in [0.3, 0.4) is 0 Å². The van der Waals surface area contributed by atoms with Crippen molar-refractivity contribution in [1.29, 1.82) is 0 Å². The number of methoxy groups -OCH3 is 1.